The van der Waals surface area contributed by atoms with Crippen LogP contribution in [0.25, 0.3) is 0 Å². The Balaban J connectivity index is 1.66. The fourth-order valence-electron chi connectivity index (χ4n) is 9.04. The van der Waals surface area contributed by atoms with Gasteiger partial charge in [-0.1, -0.05) is 33.8 Å². The minimum atomic E-state index is -4.64. The standard InChI is InChI=1S/C42H61F4N3O12/c1-12-29-41(8)32(49(38(55)61-41)17-14-18-57-37(54)47-27-16-13-15-26(20-27)42(44,45)46)24(4)30(50)22(2)21-39(6,56-11)34(25(5)33(52)40(7,43)36(53)59-29)60-35-31(51)28(48(9)10)19-23(3)58-35/h13,15-16,20,22-25,28-29,31-32,34-35,51H,12,14,17-19,21H2,1-11H3,(H,47,54)/t22-,23-,24+,25+,28+,29-,31-,32-,34-,35+,39-,40+,41-/m1/s1. The molecule has 19 heteroatoms. The molecule has 0 bridgehead atoms. The number of ketones is 2. The molecule has 3 saturated heterocycles. The number of alkyl halides is 4. The molecule has 0 saturated carbocycles. The van der Waals surface area contributed by atoms with Crippen molar-refractivity contribution in [2.45, 2.75) is 147 Å². The van der Waals surface area contributed by atoms with E-state index in [1.165, 1.54) is 31.9 Å². The second-order valence-electron chi connectivity index (χ2n) is 17.3. The summed E-state index contributed by atoms with van der Waals surface area (Å²) in [6.45, 7) is 11.3. The van der Waals surface area contributed by atoms with Crippen LogP contribution in [0.5, 0.6) is 0 Å². The summed E-state index contributed by atoms with van der Waals surface area (Å²) in [5, 5.41) is 13.6. The highest BCUT2D eigenvalue weighted by molar-refractivity contribution is 6.08. The molecule has 2 N–H and O–H groups in total. The second kappa shape index (κ2) is 19.2. The van der Waals surface area contributed by atoms with Gasteiger partial charge in [0.2, 0.25) is 0 Å². The molecule has 13 atom stereocenters. The van der Waals surface area contributed by atoms with E-state index in [9.17, 15) is 42.3 Å². The number of hydrogen-bond donors (Lipinski definition) is 2. The Morgan fingerprint density at radius 1 is 1.07 bits per heavy atom. The van der Waals surface area contributed by atoms with E-state index in [0.29, 0.717) is 6.42 Å². The first-order valence-corrected chi connectivity index (χ1v) is 20.5. The predicted octanol–water partition coefficient (Wildman–Crippen LogP) is 5.94. The van der Waals surface area contributed by atoms with E-state index in [2.05, 4.69) is 5.32 Å². The highest BCUT2D eigenvalue weighted by Gasteiger charge is 2.61. The van der Waals surface area contributed by atoms with Gasteiger partial charge in [0.25, 0.3) is 5.67 Å². The molecule has 3 heterocycles. The lowest BCUT2D eigenvalue weighted by Gasteiger charge is -2.47. The van der Waals surface area contributed by atoms with Crippen molar-refractivity contribution in [1.29, 1.82) is 0 Å². The average Bonchev–Trinajstić information content (AvgIpc) is 3.45. The van der Waals surface area contributed by atoms with Crippen molar-refractivity contribution in [2.75, 3.05) is 39.7 Å². The molecular formula is C42H61F4N3O12. The molecule has 2 amide bonds. The number of benzene rings is 1. The molecule has 344 valence electrons. The summed E-state index contributed by atoms with van der Waals surface area (Å²) in [4.78, 5) is 71.9. The van der Waals surface area contributed by atoms with Crippen LogP contribution < -0.4 is 5.32 Å². The first-order chi connectivity index (χ1) is 28.2. The van der Waals surface area contributed by atoms with Crippen LogP contribution >= 0.6 is 0 Å². The number of rotatable bonds is 10. The predicted molar refractivity (Wildman–Crippen MR) is 211 cm³/mol. The average molecular weight is 876 g/mol. The summed E-state index contributed by atoms with van der Waals surface area (Å²) in [5.41, 5.74) is -7.72. The molecule has 15 nitrogen and oxygen atoms in total. The zero-order chi connectivity index (χ0) is 46.0. The monoisotopic (exact) mass is 875 g/mol. The van der Waals surface area contributed by atoms with Gasteiger partial charge in [-0.3, -0.25) is 14.9 Å². The lowest BCUT2D eigenvalue weighted by Crippen LogP contribution is -2.61. The maximum atomic E-state index is 16.8. The number of esters is 1. The maximum absolute atomic E-state index is 16.8. The van der Waals surface area contributed by atoms with Gasteiger partial charge in [0.15, 0.2) is 17.7 Å². The van der Waals surface area contributed by atoms with Gasteiger partial charge in [-0.2, -0.15) is 13.2 Å². The van der Waals surface area contributed by atoms with E-state index >= 15 is 4.39 Å². The normalized spacial score (nSPS) is 36.8. The van der Waals surface area contributed by atoms with Gasteiger partial charge in [-0.05, 0) is 85.7 Å². The third kappa shape index (κ3) is 10.7. The number of methoxy groups -OCH3 is 1. The Bertz CT molecular complexity index is 1770. The number of ether oxygens (including phenoxy) is 6. The number of fused-ring (bicyclic) bond motifs is 1. The van der Waals surface area contributed by atoms with Crippen LogP contribution in [0, 0.1) is 17.8 Å². The van der Waals surface area contributed by atoms with Gasteiger partial charge < -0.3 is 43.3 Å². The van der Waals surface area contributed by atoms with Gasteiger partial charge >= 0.3 is 24.3 Å². The molecular weight excluding hydrogens is 814 g/mol. The van der Waals surface area contributed by atoms with E-state index in [4.69, 9.17) is 28.4 Å². The number of cyclic esters (lactones) is 1. The smallest absolute Gasteiger partial charge is 0.416 e. The number of nitrogens with zero attached hydrogens (tertiary/aromatic N) is 2. The number of halogens is 4. The number of anilines is 1. The molecule has 0 spiro atoms. The summed E-state index contributed by atoms with van der Waals surface area (Å²) in [6, 6.07) is 2.40. The highest BCUT2D eigenvalue weighted by atomic mass is 19.4. The molecule has 3 aliphatic heterocycles. The fraction of sp³-hybridized carbons (Fsp3) is 0.738. The summed E-state index contributed by atoms with van der Waals surface area (Å²) >= 11 is 0. The van der Waals surface area contributed by atoms with E-state index in [-0.39, 0.29) is 43.9 Å². The zero-order valence-corrected chi connectivity index (χ0v) is 36.7. The molecule has 4 rings (SSSR count). The van der Waals surface area contributed by atoms with Crippen molar-refractivity contribution >= 4 is 35.4 Å². The number of likely N-dealkylation sites (N-methyl/N-ethyl adjacent to an activating group) is 1. The van der Waals surface area contributed by atoms with Crippen molar-refractivity contribution < 1.29 is 75.1 Å². The molecule has 0 radical (unpaired) electrons. The van der Waals surface area contributed by atoms with Crippen LogP contribution in [0.1, 0.15) is 86.6 Å². The van der Waals surface area contributed by atoms with Crippen molar-refractivity contribution in [2.24, 2.45) is 17.8 Å². The lowest BCUT2D eigenvalue weighted by molar-refractivity contribution is -0.295. The summed E-state index contributed by atoms with van der Waals surface area (Å²) < 4.78 is 91.6. The Labute approximate surface area is 354 Å². The van der Waals surface area contributed by atoms with Gasteiger partial charge in [0.1, 0.15) is 18.0 Å². The van der Waals surface area contributed by atoms with E-state index in [0.717, 1.165) is 25.1 Å². The maximum Gasteiger partial charge on any atom is 0.416 e. The number of hydrogen-bond acceptors (Lipinski definition) is 13. The van der Waals surface area contributed by atoms with E-state index < -0.39 is 113 Å². The van der Waals surface area contributed by atoms with Crippen molar-refractivity contribution in [3.8, 4) is 0 Å². The first kappa shape index (κ1) is 49.7. The minimum Gasteiger partial charge on any atom is -0.455 e. The number of amides is 2. The molecule has 0 aliphatic carbocycles. The number of nitrogens with one attached hydrogen (secondary N) is 1. The molecule has 3 aliphatic rings. The Hall–Kier alpha value is -3.91. The SMILES string of the molecule is CC[C@H]1OC(=O)[C@@](C)(F)C(=O)[C@H](C)[C@@H](O[C@@H]2O[C@H](C)C[C@H](N(C)C)[C@H]2O)[C@](C)(OC)C[C@@H](C)C(=O)[C@H](C)[C@H]2N(CCCOC(=O)Nc3cccc(C(F)(F)F)c3)C(=O)O[C@]12C. The van der Waals surface area contributed by atoms with E-state index in [1.807, 2.05) is 4.90 Å². The quantitative estimate of drug-likeness (QED) is 0.0929. The van der Waals surface area contributed by atoms with Gasteiger partial charge in [-0.25, -0.2) is 18.8 Å². The number of carbonyl (C=O) groups excluding carboxylic acids is 5. The summed E-state index contributed by atoms with van der Waals surface area (Å²) in [5.74, 6) is -6.50. The lowest BCUT2D eigenvalue weighted by atomic mass is 9.73. The topological polar surface area (TPSA) is 179 Å². The van der Waals surface area contributed by atoms with Crippen LogP contribution in [-0.2, 0) is 49.0 Å². The van der Waals surface area contributed by atoms with Gasteiger partial charge in [0, 0.05) is 43.1 Å². The van der Waals surface area contributed by atoms with Gasteiger partial charge in [-0.15, -0.1) is 0 Å². The number of Topliss-reactive ketones (excluding diaryl/α,β-unsaturated/α-hetero) is 2. The first-order valence-electron chi connectivity index (χ1n) is 20.5. The summed E-state index contributed by atoms with van der Waals surface area (Å²) in [6.07, 6.45) is -12.0. The molecule has 1 aromatic carbocycles. The Morgan fingerprint density at radius 3 is 2.31 bits per heavy atom. The minimum absolute atomic E-state index is 0.0250. The van der Waals surface area contributed by atoms with Crippen LogP contribution in [0.15, 0.2) is 24.3 Å². The number of aliphatic hydroxyl groups excluding tert-OH is 1. The van der Waals surface area contributed by atoms with E-state index in [1.54, 1.807) is 48.7 Å². The Morgan fingerprint density at radius 2 is 1.72 bits per heavy atom. The third-order valence-electron chi connectivity index (χ3n) is 12.4. The fourth-order valence-corrected chi connectivity index (χ4v) is 9.04. The van der Waals surface area contributed by atoms with Crippen LogP contribution in [0.2, 0.25) is 0 Å². The molecule has 0 aromatic heterocycles. The Kier molecular flexibility index (Phi) is 15.7. The second-order valence-corrected chi connectivity index (χ2v) is 17.3. The van der Waals surface area contributed by atoms with Crippen molar-refractivity contribution in [3.63, 3.8) is 0 Å². The summed E-state index contributed by atoms with van der Waals surface area (Å²) in [7, 11) is 4.90. The molecule has 3 fully saturated rings. The molecule has 0 unspecified atom stereocenters. The van der Waals surface area contributed by atoms with Crippen molar-refractivity contribution in [1.82, 2.24) is 9.80 Å². The molecule has 1 aromatic rings. The van der Waals surface area contributed by atoms with Crippen LogP contribution in [0.3, 0.4) is 0 Å². The molecule has 61 heavy (non-hydrogen) atoms. The third-order valence-corrected chi connectivity index (χ3v) is 12.4. The number of aliphatic hydroxyl groups is 1. The van der Waals surface area contributed by atoms with Crippen LogP contribution in [-0.4, -0.2) is 139 Å². The highest BCUT2D eigenvalue weighted by Crippen LogP contribution is 2.44. The van der Waals surface area contributed by atoms with Gasteiger partial charge in [0.05, 0.1) is 36.0 Å². The largest absolute Gasteiger partial charge is 0.455 e. The van der Waals surface area contributed by atoms with Crippen molar-refractivity contribution in [3.05, 3.63) is 29.8 Å². The zero-order valence-electron chi connectivity index (χ0n) is 36.7. The number of carbonyl (C=O) groups is 5. The van der Waals surface area contributed by atoms with Crippen LogP contribution in [0.4, 0.5) is 32.8 Å².